The normalized spacial score (nSPS) is 22.1. The van der Waals surface area contributed by atoms with Crippen LogP contribution in [0.1, 0.15) is 44.3 Å². The van der Waals surface area contributed by atoms with E-state index in [1.54, 1.807) is 24.1 Å². The Bertz CT molecular complexity index is 2240. The highest BCUT2D eigenvalue weighted by atomic mass is 35.5. The topological polar surface area (TPSA) is 114 Å². The molecule has 3 atom stereocenters. The van der Waals surface area contributed by atoms with Crippen molar-refractivity contribution < 1.29 is 31.6 Å². The van der Waals surface area contributed by atoms with Gasteiger partial charge in [0.05, 0.1) is 10.9 Å². The molecule has 5 aromatic rings. The number of alkyl halides is 3. The summed E-state index contributed by atoms with van der Waals surface area (Å²) in [6.45, 7) is 2.59. The summed E-state index contributed by atoms with van der Waals surface area (Å²) in [5.41, 5.74) is 0.0754. The smallest absolute Gasteiger partial charge is 0.319 e. The Labute approximate surface area is 306 Å². The highest BCUT2D eigenvalue weighted by molar-refractivity contribution is 6.36. The number of likely N-dealkylation sites (N-methyl/N-ethyl adjacent to an activating group) is 1. The zero-order valence-electron chi connectivity index (χ0n) is 28.9. The molecule has 1 amide bonds. The number of amides is 1. The van der Waals surface area contributed by atoms with Gasteiger partial charge in [0.2, 0.25) is 11.7 Å². The van der Waals surface area contributed by atoms with E-state index in [0.717, 1.165) is 24.8 Å². The summed E-state index contributed by atoms with van der Waals surface area (Å²) in [5, 5.41) is 5.53. The molecule has 2 aromatic carbocycles. The molecule has 8 rings (SSSR count). The summed E-state index contributed by atoms with van der Waals surface area (Å²) in [7, 11) is 1.79. The molecule has 11 nitrogen and oxygen atoms in total. The predicted molar refractivity (Wildman–Crippen MR) is 190 cm³/mol. The number of carbonyl (C=O) groups excluding carboxylic acids is 1. The van der Waals surface area contributed by atoms with Gasteiger partial charge in [-0.15, -0.1) is 0 Å². The lowest BCUT2D eigenvalue weighted by molar-refractivity contribution is -0.125. The Morgan fingerprint density at radius 3 is 2.77 bits per heavy atom. The standard InChI is InChI=1S/C37H35ClF4N8O3/c1-36(41,42)34-44-27(53-47-34)10-11-28(51)49-15-12-23(19-49)48(2)33-25-17-43-31(24-8-3-6-21-7-4-9-26(38)29(21)24)30(40)32(25)45-35(46-33)52-20-37-13-5-14-50(37)18-22(39)16-37/h3-4,6-11,17,22-23H,5,12-16,18-20H2,1-2H3/b11-10+/t22-,23-,37?/m1/s1. The monoisotopic (exact) mass is 750 g/mol. The first-order valence-electron chi connectivity index (χ1n) is 17.4. The van der Waals surface area contributed by atoms with Crippen molar-refractivity contribution in [3.05, 3.63) is 71.2 Å². The highest BCUT2D eigenvalue weighted by Crippen LogP contribution is 2.41. The van der Waals surface area contributed by atoms with Gasteiger partial charge in [0, 0.05) is 80.4 Å². The van der Waals surface area contributed by atoms with Crippen LogP contribution in [0.3, 0.4) is 0 Å². The van der Waals surface area contributed by atoms with Crippen molar-refractivity contribution in [2.24, 2.45) is 0 Å². The molecule has 53 heavy (non-hydrogen) atoms. The van der Waals surface area contributed by atoms with E-state index in [-0.39, 0.29) is 48.2 Å². The number of pyridine rings is 1. The second-order valence-electron chi connectivity index (χ2n) is 14.0. The van der Waals surface area contributed by atoms with Crippen molar-refractivity contribution in [1.82, 2.24) is 34.9 Å². The van der Waals surface area contributed by atoms with E-state index in [9.17, 15) is 18.0 Å². The molecule has 16 heteroatoms. The minimum atomic E-state index is -3.28. The lowest BCUT2D eigenvalue weighted by Crippen LogP contribution is -2.43. The zero-order chi connectivity index (χ0) is 37.1. The van der Waals surface area contributed by atoms with Gasteiger partial charge in [0.15, 0.2) is 5.82 Å². The Morgan fingerprint density at radius 2 is 1.98 bits per heavy atom. The number of nitrogens with zero attached hydrogens (tertiary/aromatic N) is 8. The molecule has 0 aliphatic carbocycles. The second-order valence-corrected chi connectivity index (χ2v) is 14.4. The number of aromatic nitrogens is 5. The van der Waals surface area contributed by atoms with Crippen LogP contribution < -0.4 is 9.64 Å². The first-order chi connectivity index (χ1) is 25.4. The van der Waals surface area contributed by atoms with Gasteiger partial charge in [-0.3, -0.25) is 14.7 Å². The average molecular weight is 751 g/mol. The Morgan fingerprint density at radius 1 is 1.17 bits per heavy atom. The van der Waals surface area contributed by atoms with Crippen LogP contribution in [-0.4, -0.2) is 98.4 Å². The van der Waals surface area contributed by atoms with Crippen molar-refractivity contribution in [1.29, 1.82) is 0 Å². The van der Waals surface area contributed by atoms with E-state index < -0.39 is 29.3 Å². The maximum Gasteiger partial charge on any atom is 0.319 e. The van der Waals surface area contributed by atoms with Crippen molar-refractivity contribution in [2.75, 3.05) is 44.7 Å². The fourth-order valence-corrected chi connectivity index (χ4v) is 8.13. The summed E-state index contributed by atoms with van der Waals surface area (Å²) < 4.78 is 69.5. The summed E-state index contributed by atoms with van der Waals surface area (Å²) in [6, 6.07) is 10.6. The second kappa shape index (κ2) is 13.5. The van der Waals surface area contributed by atoms with Crippen molar-refractivity contribution in [3.8, 4) is 17.3 Å². The molecule has 3 saturated heterocycles. The zero-order valence-corrected chi connectivity index (χ0v) is 29.7. The fourth-order valence-electron chi connectivity index (χ4n) is 7.84. The maximum absolute atomic E-state index is 16.8. The van der Waals surface area contributed by atoms with Crippen LogP contribution in [0.15, 0.2) is 53.2 Å². The van der Waals surface area contributed by atoms with E-state index in [1.807, 2.05) is 29.2 Å². The van der Waals surface area contributed by atoms with Gasteiger partial charge in [-0.1, -0.05) is 47.1 Å². The average Bonchev–Trinajstić information content (AvgIpc) is 3.94. The number of halogens is 5. The van der Waals surface area contributed by atoms with Gasteiger partial charge in [-0.05, 0) is 37.3 Å². The first-order valence-corrected chi connectivity index (χ1v) is 17.8. The molecule has 0 saturated carbocycles. The summed E-state index contributed by atoms with van der Waals surface area (Å²) in [5.74, 6) is -4.99. The third-order valence-corrected chi connectivity index (χ3v) is 10.9. The third kappa shape index (κ3) is 6.54. The SMILES string of the molecule is CN(c1nc(OCC23CCCN2C[C@H](F)C3)nc2c(F)c(-c3cccc4cccc(Cl)c34)ncc12)[C@@H]1CCN(C(=O)/C=C/c2nc(C(C)(F)F)no2)C1. The molecule has 6 heterocycles. The van der Waals surface area contributed by atoms with Crippen LogP contribution in [0.25, 0.3) is 39.0 Å². The lowest BCUT2D eigenvalue weighted by Gasteiger charge is -2.31. The number of hydrogen-bond acceptors (Lipinski definition) is 10. The molecule has 276 valence electrons. The Kier molecular flexibility index (Phi) is 8.96. The van der Waals surface area contributed by atoms with Crippen molar-refractivity contribution in [3.63, 3.8) is 0 Å². The van der Waals surface area contributed by atoms with Crippen LogP contribution in [0, 0.1) is 5.82 Å². The number of carbonyl (C=O) groups is 1. The molecule has 0 bridgehead atoms. The van der Waals surface area contributed by atoms with Crippen LogP contribution in [0.5, 0.6) is 6.01 Å². The molecule has 3 fully saturated rings. The van der Waals surface area contributed by atoms with Gasteiger partial charge >= 0.3 is 11.9 Å². The third-order valence-electron chi connectivity index (χ3n) is 10.5. The number of likely N-dealkylation sites (tertiary alicyclic amines) is 1. The molecule has 3 aliphatic rings. The number of benzene rings is 2. The number of rotatable bonds is 9. The minimum Gasteiger partial charge on any atom is -0.461 e. The Balaban J connectivity index is 1.11. The first kappa shape index (κ1) is 35.2. The Hall–Kier alpha value is -4.89. The van der Waals surface area contributed by atoms with Crippen molar-refractivity contribution >= 4 is 51.1 Å². The summed E-state index contributed by atoms with van der Waals surface area (Å²) in [4.78, 5) is 36.2. The molecule has 0 spiro atoms. The minimum absolute atomic E-state index is 0.00748. The van der Waals surface area contributed by atoms with Crippen LogP contribution in [-0.2, 0) is 10.7 Å². The number of hydrogen-bond donors (Lipinski definition) is 0. The molecule has 1 unspecified atom stereocenters. The molecule has 3 aliphatic heterocycles. The quantitative estimate of drug-likeness (QED) is 0.117. The van der Waals surface area contributed by atoms with E-state index in [1.165, 1.54) is 18.3 Å². The molecular formula is C37H35ClF4N8O3. The van der Waals surface area contributed by atoms with Gasteiger partial charge < -0.3 is 19.1 Å². The van der Waals surface area contributed by atoms with E-state index in [0.29, 0.717) is 60.0 Å². The number of anilines is 1. The highest BCUT2D eigenvalue weighted by Gasteiger charge is 2.49. The summed E-state index contributed by atoms with van der Waals surface area (Å²) >= 11 is 6.60. The molecule has 0 N–H and O–H groups in total. The largest absolute Gasteiger partial charge is 0.461 e. The molecule has 3 aromatic heterocycles. The van der Waals surface area contributed by atoms with Gasteiger partial charge in [0.25, 0.3) is 5.89 Å². The fraction of sp³-hybridized carbons (Fsp3) is 0.405. The maximum atomic E-state index is 16.8. The van der Waals surface area contributed by atoms with E-state index in [4.69, 9.17) is 25.8 Å². The summed E-state index contributed by atoms with van der Waals surface area (Å²) in [6.07, 6.45) is 5.55. The van der Waals surface area contributed by atoms with Crippen LogP contribution in [0.2, 0.25) is 5.02 Å². The lowest BCUT2D eigenvalue weighted by atomic mass is 9.95. The van der Waals surface area contributed by atoms with E-state index in [2.05, 4.69) is 25.0 Å². The predicted octanol–water partition coefficient (Wildman–Crippen LogP) is 6.84. The van der Waals surface area contributed by atoms with E-state index >= 15 is 4.39 Å². The molecular weight excluding hydrogens is 716 g/mol. The van der Waals surface area contributed by atoms with Crippen LogP contribution >= 0.6 is 11.6 Å². The number of ether oxygens (including phenoxy) is 1. The van der Waals surface area contributed by atoms with Gasteiger partial charge in [-0.2, -0.15) is 23.7 Å². The van der Waals surface area contributed by atoms with Crippen LogP contribution in [0.4, 0.5) is 23.4 Å². The van der Waals surface area contributed by atoms with Crippen molar-refractivity contribution in [2.45, 2.75) is 56.3 Å². The van der Waals surface area contributed by atoms with Gasteiger partial charge in [-0.25, -0.2) is 8.78 Å². The number of fused-ring (bicyclic) bond motifs is 3. The van der Waals surface area contributed by atoms with Gasteiger partial charge in [0.1, 0.15) is 29.8 Å². The molecule has 0 radical (unpaired) electrons.